The highest BCUT2D eigenvalue weighted by Gasteiger charge is 2.28. The summed E-state index contributed by atoms with van der Waals surface area (Å²) in [7, 11) is 0. The van der Waals surface area contributed by atoms with E-state index in [1.807, 2.05) is 24.3 Å². The molecule has 0 bridgehead atoms. The van der Waals surface area contributed by atoms with E-state index in [1.54, 1.807) is 13.0 Å². The Labute approximate surface area is 191 Å². The lowest BCUT2D eigenvalue weighted by atomic mass is 9.98. The summed E-state index contributed by atoms with van der Waals surface area (Å²) in [6.07, 6.45) is -0.517. The minimum Gasteiger partial charge on any atom is -0.478 e. The number of rotatable bonds is 7. The van der Waals surface area contributed by atoms with Gasteiger partial charge in [0.2, 0.25) is 5.91 Å². The van der Waals surface area contributed by atoms with E-state index in [0.29, 0.717) is 11.3 Å². The highest BCUT2D eigenvalue weighted by atomic mass is 16.5. The molecule has 0 saturated heterocycles. The Hall–Kier alpha value is -4.13. The van der Waals surface area contributed by atoms with E-state index >= 15 is 0 Å². The van der Waals surface area contributed by atoms with Crippen LogP contribution in [-0.2, 0) is 9.53 Å². The van der Waals surface area contributed by atoms with Crippen LogP contribution in [0.25, 0.3) is 11.1 Å². The first-order valence-electron chi connectivity index (χ1n) is 10.7. The molecular weight excluding hydrogens is 420 g/mol. The van der Waals surface area contributed by atoms with Crippen molar-refractivity contribution < 1.29 is 24.2 Å². The van der Waals surface area contributed by atoms with Crippen LogP contribution in [0, 0.1) is 6.92 Å². The molecule has 0 aromatic heterocycles. The van der Waals surface area contributed by atoms with Gasteiger partial charge < -0.3 is 20.5 Å². The van der Waals surface area contributed by atoms with E-state index in [0.717, 1.165) is 22.3 Å². The second-order valence-electron chi connectivity index (χ2n) is 7.89. The monoisotopic (exact) mass is 444 g/mol. The molecule has 7 nitrogen and oxygen atoms in total. The smallest absolute Gasteiger partial charge is 0.407 e. The second kappa shape index (κ2) is 9.56. The number of hydrogen-bond donors (Lipinski definition) is 3. The van der Waals surface area contributed by atoms with E-state index < -0.39 is 12.1 Å². The number of carboxylic acid groups (broad SMARTS) is 1. The topological polar surface area (TPSA) is 105 Å². The maximum absolute atomic E-state index is 12.2. The van der Waals surface area contributed by atoms with Crippen LogP contribution < -0.4 is 10.6 Å². The van der Waals surface area contributed by atoms with Crippen molar-refractivity contribution in [1.29, 1.82) is 0 Å². The zero-order valence-corrected chi connectivity index (χ0v) is 18.1. The molecule has 1 aliphatic rings. The SMILES string of the molecule is Cc1cc(C(=O)O)ccc1NC(=O)CCNC(=O)OCC1c2ccccc2-c2ccccc21. The summed E-state index contributed by atoms with van der Waals surface area (Å²) in [6, 6.07) is 20.7. The van der Waals surface area contributed by atoms with E-state index in [2.05, 4.69) is 34.9 Å². The summed E-state index contributed by atoms with van der Waals surface area (Å²) >= 11 is 0. The quantitative estimate of drug-likeness (QED) is 0.496. The average Bonchev–Trinajstić information content (AvgIpc) is 3.12. The van der Waals surface area contributed by atoms with Gasteiger partial charge in [-0.15, -0.1) is 0 Å². The van der Waals surface area contributed by atoms with Crippen molar-refractivity contribution in [3.63, 3.8) is 0 Å². The molecule has 1 aliphatic carbocycles. The predicted molar refractivity (Wildman–Crippen MR) is 124 cm³/mol. The van der Waals surface area contributed by atoms with Crippen LogP contribution in [0.4, 0.5) is 10.5 Å². The third kappa shape index (κ3) is 4.87. The van der Waals surface area contributed by atoms with Gasteiger partial charge in [0, 0.05) is 24.6 Å². The van der Waals surface area contributed by atoms with E-state index in [1.165, 1.54) is 12.1 Å². The van der Waals surface area contributed by atoms with Crippen molar-refractivity contribution in [3.05, 3.63) is 89.0 Å². The molecule has 3 aromatic carbocycles. The third-order valence-corrected chi connectivity index (χ3v) is 5.71. The van der Waals surface area contributed by atoms with Gasteiger partial charge in [-0.2, -0.15) is 0 Å². The fourth-order valence-corrected chi connectivity index (χ4v) is 4.08. The van der Waals surface area contributed by atoms with Crippen molar-refractivity contribution in [2.24, 2.45) is 0 Å². The van der Waals surface area contributed by atoms with Crippen molar-refractivity contribution in [3.8, 4) is 11.1 Å². The van der Waals surface area contributed by atoms with E-state index in [-0.39, 0.29) is 37.0 Å². The van der Waals surface area contributed by atoms with Crippen LogP contribution >= 0.6 is 0 Å². The Bertz CT molecular complexity index is 1180. The number of benzene rings is 3. The number of aryl methyl sites for hydroxylation is 1. The maximum Gasteiger partial charge on any atom is 0.407 e. The lowest BCUT2D eigenvalue weighted by Gasteiger charge is -2.14. The first kappa shape index (κ1) is 22.1. The fourth-order valence-electron chi connectivity index (χ4n) is 4.08. The number of anilines is 1. The molecule has 33 heavy (non-hydrogen) atoms. The standard InChI is InChI=1S/C26H24N2O5/c1-16-14-17(25(30)31)10-11-23(16)28-24(29)12-13-27-26(32)33-15-22-20-8-4-2-6-18(20)19-7-3-5-9-21(19)22/h2-11,14,22H,12-13,15H2,1H3,(H,27,32)(H,28,29)(H,30,31). The number of fused-ring (bicyclic) bond motifs is 3. The first-order chi connectivity index (χ1) is 15.9. The molecule has 0 radical (unpaired) electrons. The number of ether oxygens (including phenoxy) is 1. The Balaban J connectivity index is 1.26. The lowest BCUT2D eigenvalue weighted by Crippen LogP contribution is -2.29. The summed E-state index contributed by atoms with van der Waals surface area (Å²) in [5.41, 5.74) is 5.92. The summed E-state index contributed by atoms with van der Waals surface area (Å²) in [6.45, 7) is 2.05. The third-order valence-electron chi connectivity index (χ3n) is 5.71. The molecule has 2 amide bonds. The van der Waals surface area contributed by atoms with Crippen LogP contribution in [0.3, 0.4) is 0 Å². The molecule has 0 saturated carbocycles. The van der Waals surface area contributed by atoms with Gasteiger partial charge in [0.15, 0.2) is 0 Å². The number of nitrogens with one attached hydrogen (secondary N) is 2. The van der Waals surface area contributed by atoms with Crippen LogP contribution in [-0.4, -0.2) is 36.2 Å². The van der Waals surface area contributed by atoms with Gasteiger partial charge >= 0.3 is 12.1 Å². The van der Waals surface area contributed by atoms with Crippen LogP contribution in [0.5, 0.6) is 0 Å². The number of carboxylic acids is 1. The highest BCUT2D eigenvalue weighted by molar-refractivity contribution is 5.93. The van der Waals surface area contributed by atoms with Crippen molar-refractivity contribution >= 4 is 23.7 Å². The molecule has 7 heteroatoms. The van der Waals surface area contributed by atoms with Gasteiger partial charge in [-0.1, -0.05) is 48.5 Å². The Kier molecular flexibility index (Phi) is 6.40. The molecule has 4 rings (SSSR count). The van der Waals surface area contributed by atoms with Gasteiger partial charge in [0.1, 0.15) is 6.61 Å². The van der Waals surface area contributed by atoms with E-state index in [4.69, 9.17) is 9.84 Å². The molecule has 0 spiro atoms. The molecule has 168 valence electrons. The van der Waals surface area contributed by atoms with Crippen LogP contribution in [0.1, 0.15) is 39.4 Å². The molecule has 0 atom stereocenters. The van der Waals surface area contributed by atoms with Gasteiger partial charge in [0.25, 0.3) is 0 Å². The second-order valence-corrected chi connectivity index (χ2v) is 7.89. The molecular formula is C26H24N2O5. The number of hydrogen-bond acceptors (Lipinski definition) is 4. The minimum absolute atomic E-state index is 0.0248. The van der Waals surface area contributed by atoms with Gasteiger partial charge in [-0.05, 0) is 52.9 Å². The molecule has 0 heterocycles. The summed E-state index contributed by atoms with van der Waals surface area (Å²) in [4.78, 5) is 35.4. The van der Waals surface area contributed by atoms with Crippen LogP contribution in [0.2, 0.25) is 0 Å². The molecule has 0 unspecified atom stereocenters. The highest BCUT2D eigenvalue weighted by Crippen LogP contribution is 2.44. The first-order valence-corrected chi connectivity index (χ1v) is 10.7. The summed E-state index contributed by atoms with van der Waals surface area (Å²) in [5, 5.41) is 14.4. The number of carbonyl (C=O) groups excluding carboxylic acids is 2. The lowest BCUT2D eigenvalue weighted by molar-refractivity contribution is -0.116. The van der Waals surface area contributed by atoms with Gasteiger partial charge in [0.05, 0.1) is 5.56 Å². The Morgan fingerprint density at radius 2 is 1.58 bits per heavy atom. The number of alkyl carbamates (subject to hydrolysis) is 1. The van der Waals surface area contributed by atoms with Crippen molar-refractivity contribution in [2.75, 3.05) is 18.5 Å². The van der Waals surface area contributed by atoms with Gasteiger partial charge in [-0.3, -0.25) is 4.79 Å². The summed E-state index contributed by atoms with van der Waals surface area (Å²) < 4.78 is 5.46. The maximum atomic E-state index is 12.2. The van der Waals surface area contributed by atoms with Crippen molar-refractivity contribution in [1.82, 2.24) is 5.32 Å². The molecule has 3 aromatic rings. The number of amides is 2. The van der Waals surface area contributed by atoms with Crippen molar-refractivity contribution in [2.45, 2.75) is 19.3 Å². The number of aromatic carboxylic acids is 1. The molecule has 0 fully saturated rings. The zero-order valence-electron chi connectivity index (χ0n) is 18.1. The van der Waals surface area contributed by atoms with Crippen LogP contribution in [0.15, 0.2) is 66.7 Å². The van der Waals surface area contributed by atoms with E-state index in [9.17, 15) is 14.4 Å². The molecule has 0 aliphatic heterocycles. The number of carbonyl (C=O) groups is 3. The largest absolute Gasteiger partial charge is 0.478 e. The summed E-state index contributed by atoms with van der Waals surface area (Å²) in [5.74, 6) is -1.34. The van der Waals surface area contributed by atoms with Gasteiger partial charge in [-0.25, -0.2) is 9.59 Å². The normalized spacial score (nSPS) is 11.9. The Morgan fingerprint density at radius 3 is 2.18 bits per heavy atom. The minimum atomic E-state index is -1.02. The Morgan fingerprint density at radius 1 is 0.939 bits per heavy atom. The zero-order chi connectivity index (χ0) is 23.4. The molecule has 3 N–H and O–H groups in total. The average molecular weight is 444 g/mol. The fraction of sp³-hybridized carbons (Fsp3) is 0.192. The predicted octanol–water partition coefficient (Wildman–Crippen LogP) is 4.56.